The predicted molar refractivity (Wildman–Crippen MR) is 74.3 cm³/mol. The van der Waals surface area contributed by atoms with Gasteiger partial charge in [0.15, 0.2) is 0 Å². The Bertz CT molecular complexity index is 683. The number of carbonyl (C=O) groups excluding carboxylic acids is 1. The lowest BCUT2D eigenvalue weighted by molar-refractivity contribution is 0.0692. The largest absolute Gasteiger partial charge is 0.497 e. The van der Waals surface area contributed by atoms with Gasteiger partial charge in [-0.25, -0.2) is 9.18 Å². The summed E-state index contributed by atoms with van der Waals surface area (Å²) in [5, 5.41) is 11.2. The van der Waals surface area contributed by atoms with Crippen molar-refractivity contribution >= 4 is 17.6 Å². The molecular formula is C15H12FNO4. The fraction of sp³-hybridized carbons (Fsp3) is 0.0667. The third kappa shape index (κ3) is 3.36. The molecule has 0 bridgehead atoms. The third-order valence-corrected chi connectivity index (χ3v) is 2.81. The minimum Gasteiger partial charge on any atom is -0.497 e. The first-order valence-electron chi connectivity index (χ1n) is 5.99. The Kier molecular flexibility index (Phi) is 4.18. The molecule has 2 aromatic carbocycles. The van der Waals surface area contributed by atoms with E-state index < -0.39 is 23.3 Å². The zero-order valence-corrected chi connectivity index (χ0v) is 11.1. The van der Waals surface area contributed by atoms with Crippen molar-refractivity contribution in [3.8, 4) is 5.75 Å². The summed E-state index contributed by atoms with van der Waals surface area (Å²) in [4.78, 5) is 22.7. The Labute approximate surface area is 120 Å². The molecule has 0 aromatic heterocycles. The first-order chi connectivity index (χ1) is 10.0. The summed E-state index contributed by atoms with van der Waals surface area (Å²) in [6.07, 6.45) is 0. The molecule has 5 nitrogen and oxygen atoms in total. The Morgan fingerprint density at radius 2 is 1.81 bits per heavy atom. The van der Waals surface area contributed by atoms with Gasteiger partial charge < -0.3 is 15.2 Å². The smallest absolute Gasteiger partial charge is 0.338 e. The maximum Gasteiger partial charge on any atom is 0.338 e. The molecule has 108 valence electrons. The van der Waals surface area contributed by atoms with Gasteiger partial charge in [-0.3, -0.25) is 4.79 Å². The fourth-order valence-corrected chi connectivity index (χ4v) is 1.71. The van der Waals surface area contributed by atoms with Crippen LogP contribution in [0.15, 0.2) is 42.5 Å². The summed E-state index contributed by atoms with van der Waals surface area (Å²) in [6.45, 7) is 0. The molecule has 0 aliphatic carbocycles. The molecular weight excluding hydrogens is 277 g/mol. The summed E-state index contributed by atoms with van der Waals surface area (Å²) >= 11 is 0. The monoisotopic (exact) mass is 289 g/mol. The maximum atomic E-state index is 13.5. The number of carboxylic acids is 1. The number of carbonyl (C=O) groups is 2. The van der Waals surface area contributed by atoms with Crippen LogP contribution in [-0.2, 0) is 0 Å². The van der Waals surface area contributed by atoms with E-state index in [4.69, 9.17) is 9.84 Å². The van der Waals surface area contributed by atoms with Crippen LogP contribution in [0.25, 0.3) is 0 Å². The highest BCUT2D eigenvalue weighted by atomic mass is 19.1. The molecule has 0 atom stereocenters. The summed E-state index contributed by atoms with van der Waals surface area (Å²) in [5.74, 6) is -2.08. The zero-order chi connectivity index (χ0) is 15.4. The van der Waals surface area contributed by atoms with Gasteiger partial charge in [-0.2, -0.15) is 0 Å². The number of aromatic carboxylic acids is 1. The lowest BCUT2D eigenvalue weighted by atomic mass is 10.1. The predicted octanol–water partition coefficient (Wildman–Crippen LogP) is 2.78. The number of halogens is 1. The quantitative estimate of drug-likeness (QED) is 0.907. The molecule has 0 unspecified atom stereocenters. The lowest BCUT2D eigenvalue weighted by Crippen LogP contribution is -2.12. The number of methoxy groups -OCH3 is 1. The fourth-order valence-electron chi connectivity index (χ4n) is 1.71. The Morgan fingerprint density at radius 3 is 2.33 bits per heavy atom. The van der Waals surface area contributed by atoms with Crippen LogP contribution in [0.4, 0.5) is 10.1 Å². The van der Waals surface area contributed by atoms with Crippen molar-refractivity contribution in [1.29, 1.82) is 0 Å². The highest BCUT2D eigenvalue weighted by Crippen LogP contribution is 2.17. The second kappa shape index (κ2) is 6.04. The van der Waals surface area contributed by atoms with Gasteiger partial charge in [0.2, 0.25) is 0 Å². The number of amides is 1. The molecule has 21 heavy (non-hydrogen) atoms. The summed E-state index contributed by atoms with van der Waals surface area (Å²) in [6, 6.07) is 9.78. The van der Waals surface area contributed by atoms with Crippen molar-refractivity contribution in [2.45, 2.75) is 0 Å². The highest BCUT2D eigenvalue weighted by molar-refractivity contribution is 6.04. The first-order valence-corrected chi connectivity index (χ1v) is 5.99. The van der Waals surface area contributed by atoms with E-state index >= 15 is 0 Å². The van der Waals surface area contributed by atoms with Crippen LogP contribution in [0.3, 0.4) is 0 Å². The van der Waals surface area contributed by atoms with Crippen LogP contribution in [-0.4, -0.2) is 24.1 Å². The summed E-state index contributed by atoms with van der Waals surface area (Å²) in [5.41, 5.74) is 0.106. The topological polar surface area (TPSA) is 75.6 Å². The molecule has 0 spiro atoms. The van der Waals surface area contributed by atoms with Gasteiger partial charge >= 0.3 is 5.97 Å². The number of nitrogens with one attached hydrogen (secondary N) is 1. The second-order valence-corrected chi connectivity index (χ2v) is 4.18. The van der Waals surface area contributed by atoms with E-state index in [0.717, 1.165) is 12.1 Å². The van der Waals surface area contributed by atoms with E-state index in [-0.39, 0.29) is 5.69 Å². The van der Waals surface area contributed by atoms with Crippen molar-refractivity contribution in [3.05, 3.63) is 59.4 Å². The second-order valence-electron chi connectivity index (χ2n) is 4.18. The van der Waals surface area contributed by atoms with Crippen molar-refractivity contribution < 1.29 is 23.8 Å². The first kappa shape index (κ1) is 14.5. The molecule has 1 amide bonds. The number of hydrogen-bond acceptors (Lipinski definition) is 3. The number of anilines is 1. The number of rotatable bonds is 4. The zero-order valence-electron chi connectivity index (χ0n) is 11.1. The molecule has 0 aliphatic heterocycles. The van der Waals surface area contributed by atoms with E-state index in [0.29, 0.717) is 11.3 Å². The molecule has 0 aliphatic rings. The van der Waals surface area contributed by atoms with Crippen molar-refractivity contribution in [2.24, 2.45) is 0 Å². The minimum atomic E-state index is -1.36. The number of benzene rings is 2. The van der Waals surface area contributed by atoms with Gasteiger partial charge in [-0.15, -0.1) is 0 Å². The van der Waals surface area contributed by atoms with E-state index in [1.807, 2.05) is 0 Å². The van der Waals surface area contributed by atoms with Crippen molar-refractivity contribution in [2.75, 3.05) is 12.4 Å². The molecule has 0 saturated heterocycles. The molecule has 2 rings (SSSR count). The van der Waals surface area contributed by atoms with Gasteiger partial charge in [0, 0.05) is 11.3 Å². The van der Waals surface area contributed by atoms with Gasteiger partial charge in [0.25, 0.3) is 5.91 Å². The number of ether oxygens (including phenoxy) is 1. The molecule has 0 fully saturated rings. The molecule has 2 aromatic rings. The van der Waals surface area contributed by atoms with Crippen molar-refractivity contribution in [1.82, 2.24) is 0 Å². The van der Waals surface area contributed by atoms with Gasteiger partial charge in [-0.05, 0) is 42.5 Å². The van der Waals surface area contributed by atoms with Crippen LogP contribution >= 0.6 is 0 Å². The van der Waals surface area contributed by atoms with Crippen molar-refractivity contribution in [3.63, 3.8) is 0 Å². The van der Waals surface area contributed by atoms with Crippen LogP contribution in [0.2, 0.25) is 0 Å². The SMILES string of the molecule is COc1ccc(C(=O)Nc2ccc(C(=O)O)c(F)c2)cc1. The lowest BCUT2D eigenvalue weighted by Gasteiger charge is -2.07. The van der Waals surface area contributed by atoms with Gasteiger partial charge in [0.1, 0.15) is 11.6 Å². The third-order valence-electron chi connectivity index (χ3n) is 2.81. The number of hydrogen-bond donors (Lipinski definition) is 2. The summed E-state index contributed by atoms with van der Waals surface area (Å²) in [7, 11) is 1.52. The molecule has 0 saturated carbocycles. The van der Waals surface area contributed by atoms with E-state index in [2.05, 4.69) is 5.32 Å². The number of carboxylic acid groups (broad SMARTS) is 1. The Morgan fingerprint density at radius 1 is 1.14 bits per heavy atom. The summed E-state index contributed by atoms with van der Waals surface area (Å²) < 4.78 is 18.5. The molecule has 0 heterocycles. The van der Waals surface area contributed by atoms with E-state index in [9.17, 15) is 14.0 Å². The van der Waals surface area contributed by atoms with E-state index in [1.165, 1.54) is 13.2 Å². The average Bonchev–Trinajstić information content (AvgIpc) is 2.47. The standard InChI is InChI=1S/C15H12FNO4/c1-21-11-5-2-9(3-6-11)14(18)17-10-4-7-12(15(19)20)13(16)8-10/h2-8H,1H3,(H,17,18)(H,19,20). The minimum absolute atomic E-state index is 0.179. The van der Waals surface area contributed by atoms with Crippen LogP contribution in [0.5, 0.6) is 5.75 Å². The Balaban J connectivity index is 2.15. The molecule has 2 N–H and O–H groups in total. The van der Waals surface area contributed by atoms with E-state index in [1.54, 1.807) is 24.3 Å². The normalized spacial score (nSPS) is 10.0. The average molecular weight is 289 g/mol. The molecule has 6 heteroatoms. The van der Waals surface area contributed by atoms with Gasteiger partial charge in [0.05, 0.1) is 12.7 Å². The van der Waals surface area contributed by atoms with Crippen LogP contribution < -0.4 is 10.1 Å². The highest BCUT2D eigenvalue weighted by Gasteiger charge is 2.12. The van der Waals surface area contributed by atoms with Gasteiger partial charge in [-0.1, -0.05) is 0 Å². The van der Waals surface area contributed by atoms with Crippen LogP contribution in [0, 0.1) is 5.82 Å². The molecule has 0 radical (unpaired) electrons. The maximum absolute atomic E-state index is 13.5. The van der Waals surface area contributed by atoms with Crippen LogP contribution in [0.1, 0.15) is 20.7 Å². The Hall–Kier alpha value is -2.89.